The van der Waals surface area contributed by atoms with E-state index in [1.54, 1.807) is 0 Å². The first-order chi connectivity index (χ1) is 8.40. The number of hydrogen-bond acceptors (Lipinski definition) is 1. The minimum Gasteiger partial charge on any atom is -0.312 e. The molecule has 0 aliphatic rings. The highest BCUT2D eigenvalue weighted by atomic mass is 35.5. The molecule has 1 nitrogen and oxygen atoms in total. The van der Waals surface area contributed by atoms with Crippen molar-refractivity contribution in [3.05, 3.63) is 46.0 Å². The molecule has 0 bridgehead atoms. The summed E-state index contributed by atoms with van der Waals surface area (Å²) in [6.45, 7) is 7.48. The Kier molecular flexibility index (Phi) is 6.20. The molecule has 0 amide bonds. The van der Waals surface area contributed by atoms with Crippen molar-refractivity contribution < 1.29 is 0 Å². The first kappa shape index (κ1) is 15.6. The fraction of sp³-hybridized carbons (Fsp3) is 0.467. The van der Waals surface area contributed by atoms with Crippen LogP contribution in [-0.2, 0) is 6.42 Å². The summed E-state index contributed by atoms with van der Waals surface area (Å²) in [5.74, 6) is 0. The van der Waals surface area contributed by atoms with Crippen LogP contribution < -0.4 is 5.32 Å². The Hall–Kier alpha value is -0.500. The van der Waals surface area contributed by atoms with E-state index in [-0.39, 0.29) is 5.54 Å². The van der Waals surface area contributed by atoms with E-state index in [9.17, 15) is 0 Å². The second-order valence-corrected chi connectivity index (χ2v) is 6.16. The Bertz CT molecular complexity index is 385. The van der Waals surface area contributed by atoms with Crippen molar-refractivity contribution in [2.45, 2.75) is 39.2 Å². The minimum absolute atomic E-state index is 0.180. The Morgan fingerprint density at radius 2 is 1.72 bits per heavy atom. The highest BCUT2D eigenvalue weighted by Gasteiger charge is 2.06. The topological polar surface area (TPSA) is 12.0 Å². The van der Waals surface area contributed by atoms with Gasteiger partial charge in [-0.1, -0.05) is 41.4 Å². The number of benzene rings is 1. The summed E-state index contributed by atoms with van der Waals surface area (Å²) in [4.78, 5) is 0. The van der Waals surface area contributed by atoms with Gasteiger partial charge >= 0.3 is 0 Å². The maximum absolute atomic E-state index is 6.10. The summed E-state index contributed by atoms with van der Waals surface area (Å²) >= 11 is 12.2. The molecule has 0 aliphatic heterocycles. The average Bonchev–Trinajstić information content (AvgIpc) is 2.25. The highest BCUT2D eigenvalue weighted by Crippen LogP contribution is 2.24. The molecule has 0 unspecified atom stereocenters. The van der Waals surface area contributed by atoms with E-state index in [0.29, 0.717) is 0 Å². The molecule has 18 heavy (non-hydrogen) atoms. The summed E-state index contributed by atoms with van der Waals surface area (Å²) in [5.41, 5.74) is 1.18. The Balaban J connectivity index is 2.37. The summed E-state index contributed by atoms with van der Waals surface area (Å²) in [6, 6.07) is 5.61. The van der Waals surface area contributed by atoms with E-state index >= 15 is 0 Å². The van der Waals surface area contributed by atoms with Gasteiger partial charge in [-0.25, -0.2) is 0 Å². The van der Waals surface area contributed by atoms with Gasteiger partial charge in [0.25, 0.3) is 0 Å². The number of rotatable bonds is 5. The smallest absolute Gasteiger partial charge is 0.0456 e. The molecule has 100 valence electrons. The van der Waals surface area contributed by atoms with Crippen LogP contribution >= 0.6 is 23.2 Å². The lowest BCUT2D eigenvalue weighted by Crippen LogP contribution is -2.36. The molecule has 1 aromatic rings. The molecule has 0 fully saturated rings. The maximum atomic E-state index is 6.10. The van der Waals surface area contributed by atoms with Crippen molar-refractivity contribution in [3.63, 3.8) is 0 Å². The molecule has 0 radical (unpaired) electrons. The van der Waals surface area contributed by atoms with Crippen LogP contribution in [0.15, 0.2) is 30.4 Å². The van der Waals surface area contributed by atoms with E-state index in [2.05, 4.69) is 38.2 Å². The van der Waals surface area contributed by atoms with Gasteiger partial charge in [-0.15, -0.1) is 0 Å². The first-order valence-corrected chi connectivity index (χ1v) is 6.98. The van der Waals surface area contributed by atoms with Gasteiger partial charge in [0.1, 0.15) is 0 Å². The average molecular weight is 286 g/mol. The van der Waals surface area contributed by atoms with Gasteiger partial charge in [0, 0.05) is 15.6 Å². The van der Waals surface area contributed by atoms with E-state index in [1.807, 2.05) is 18.2 Å². The highest BCUT2D eigenvalue weighted by molar-refractivity contribution is 6.36. The lowest BCUT2D eigenvalue weighted by molar-refractivity contribution is 0.431. The predicted octanol–water partition coefficient (Wildman–Crippen LogP) is 4.87. The van der Waals surface area contributed by atoms with Crippen molar-refractivity contribution in [2.75, 3.05) is 6.54 Å². The molecular formula is C15H21Cl2N. The van der Waals surface area contributed by atoms with Crippen LogP contribution in [0, 0.1) is 0 Å². The van der Waals surface area contributed by atoms with Gasteiger partial charge in [0.2, 0.25) is 0 Å². The van der Waals surface area contributed by atoms with Gasteiger partial charge in [-0.3, -0.25) is 0 Å². The third-order valence-corrected chi connectivity index (χ3v) is 3.22. The third-order valence-electron chi connectivity index (χ3n) is 2.52. The number of hydrogen-bond donors (Lipinski definition) is 1. The SMILES string of the molecule is CC(C)(C)NCCC=CCc1c(Cl)cccc1Cl. The van der Waals surface area contributed by atoms with Crippen molar-refractivity contribution in [1.29, 1.82) is 0 Å². The molecule has 0 spiro atoms. The third kappa shape index (κ3) is 5.90. The van der Waals surface area contributed by atoms with Gasteiger partial charge in [0.05, 0.1) is 0 Å². The number of nitrogens with one attached hydrogen (secondary N) is 1. The second kappa shape index (κ2) is 7.18. The molecule has 1 aromatic carbocycles. The largest absolute Gasteiger partial charge is 0.312 e. The molecule has 0 aromatic heterocycles. The Morgan fingerprint density at radius 1 is 1.11 bits per heavy atom. The normalized spacial score (nSPS) is 12.3. The molecular weight excluding hydrogens is 265 g/mol. The van der Waals surface area contributed by atoms with E-state index < -0.39 is 0 Å². The summed E-state index contributed by atoms with van der Waals surface area (Å²) in [5, 5.41) is 4.91. The monoisotopic (exact) mass is 285 g/mol. The molecule has 0 aliphatic carbocycles. The van der Waals surface area contributed by atoms with Crippen LogP contribution in [0.25, 0.3) is 0 Å². The molecule has 0 atom stereocenters. The van der Waals surface area contributed by atoms with Crippen LogP contribution in [0.1, 0.15) is 32.8 Å². The lowest BCUT2D eigenvalue weighted by atomic mass is 10.1. The van der Waals surface area contributed by atoms with Gasteiger partial charge in [0.15, 0.2) is 0 Å². The second-order valence-electron chi connectivity index (χ2n) is 5.34. The van der Waals surface area contributed by atoms with Crippen molar-refractivity contribution >= 4 is 23.2 Å². The zero-order valence-corrected chi connectivity index (χ0v) is 12.8. The maximum Gasteiger partial charge on any atom is 0.0456 e. The number of halogens is 2. The van der Waals surface area contributed by atoms with E-state index in [4.69, 9.17) is 23.2 Å². The standard InChI is InChI=1S/C15H21Cl2N/c1-15(2,3)18-11-6-4-5-8-12-13(16)9-7-10-14(12)17/h4-5,7,9-10,18H,6,8,11H2,1-3H3. The molecule has 0 heterocycles. The van der Waals surface area contributed by atoms with Crippen LogP contribution in [0.2, 0.25) is 10.0 Å². The molecule has 1 N–H and O–H groups in total. The van der Waals surface area contributed by atoms with Crippen molar-refractivity contribution in [1.82, 2.24) is 5.32 Å². The van der Waals surface area contributed by atoms with Crippen molar-refractivity contribution in [3.8, 4) is 0 Å². The summed E-state index contributed by atoms with van der Waals surface area (Å²) < 4.78 is 0. The molecule has 0 saturated heterocycles. The Labute approximate surface area is 120 Å². The molecule has 0 saturated carbocycles. The quantitative estimate of drug-likeness (QED) is 0.601. The minimum atomic E-state index is 0.180. The zero-order valence-electron chi connectivity index (χ0n) is 11.3. The van der Waals surface area contributed by atoms with Crippen LogP contribution in [-0.4, -0.2) is 12.1 Å². The van der Waals surface area contributed by atoms with Gasteiger partial charge < -0.3 is 5.32 Å². The van der Waals surface area contributed by atoms with E-state index in [1.165, 1.54) is 0 Å². The fourth-order valence-electron chi connectivity index (χ4n) is 1.58. The van der Waals surface area contributed by atoms with E-state index in [0.717, 1.165) is 35.0 Å². The summed E-state index contributed by atoms with van der Waals surface area (Å²) in [6.07, 6.45) is 6.09. The van der Waals surface area contributed by atoms with Crippen LogP contribution in [0.4, 0.5) is 0 Å². The number of allylic oxidation sites excluding steroid dienone is 1. The first-order valence-electron chi connectivity index (χ1n) is 6.23. The van der Waals surface area contributed by atoms with Gasteiger partial charge in [-0.05, 0) is 57.9 Å². The van der Waals surface area contributed by atoms with Gasteiger partial charge in [-0.2, -0.15) is 0 Å². The summed E-state index contributed by atoms with van der Waals surface area (Å²) in [7, 11) is 0. The predicted molar refractivity (Wildman–Crippen MR) is 81.7 cm³/mol. The Morgan fingerprint density at radius 3 is 2.28 bits per heavy atom. The molecule has 1 rings (SSSR count). The fourth-order valence-corrected chi connectivity index (χ4v) is 2.13. The van der Waals surface area contributed by atoms with Crippen molar-refractivity contribution in [2.24, 2.45) is 0 Å². The molecule has 3 heteroatoms. The lowest BCUT2D eigenvalue weighted by Gasteiger charge is -2.19. The van der Waals surface area contributed by atoms with Crippen LogP contribution in [0.5, 0.6) is 0 Å². The van der Waals surface area contributed by atoms with Crippen LogP contribution in [0.3, 0.4) is 0 Å². The zero-order chi connectivity index (χ0) is 13.6.